The summed E-state index contributed by atoms with van der Waals surface area (Å²) in [7, 11) is 0. The number of nitrogens with one attached hydrogen (secondary N) is 2. The first-order valence-corrected chi connectivity index (χ1v) is 11.0. The van der Waals surface area contributed by atoms with Gasteiger partial charge in [-0.2, -0.15) is 0 Å². The maximum absolute atomic E-state index is 12.9. The third-order valence-electron chi connectivity index (χ3n) is 6.58. The van der Waals surface area contributed by atoms with E-state index in [1.165, 1.54) is 0 Å². The van der Waals surface area contributed by atoms with E-state index in [2.05, 4.69) is 22.8 Å². The van der Waals surface area contributed by atoms with Gasteiger partial charge in [0.1, 0.15) is 18.2 Å². The van der Waals surface area contributed by atoms with E-state index in [9.17, 15) is 19.5 Å². The van der Waals surface area contributed by atoms with Crippen molar-refractivity contribution >= 4 is 18.0 Å². The number of aliphatic carboxylic acids is 1. The van der Waals surface area contributed by atoms with Gasteiger partial charge in [-0.1, -0.05) is 55.5 Å². The van der Waals surface area contributed by atoms with E-state index in [-0.39, 0.29) is 24.9 Å². The maximum atomic E-state index is 12.9. The zero-order valence-corrected chi connectivity index (χ0v) is 18.3. The SMILES string of the molecule is CCC(NC(=O)C(C)(NC(=O)OCC1c2ccccc2-c2ccccc21)C1CC1)C(=O)O. The molecule has 0 bridgehead atoms. The van der Waals surface area contributed by atoms with Crippen LogP contribution in [0.25, 0.3) is 11.1 Å². The topological polar surface area (TPSA) is 105 Å². The van der Waals surface area contributed by atoms with Gasteiger partial charge < -0.3 is 20.5 Å². The molecule has 0 spiro atoms. The second kappa shape index (κ2) is 8.65. The van der Waals surface area contributed by atoms with E-state index in [1.807, 2.05) is 36.4 Å². The lowest BCUT2D eigenvalue weighted by Crippen LogP contribution is -2.60. The smallest absolute Gasteiger partial charge is 0.408 e. The Morgan fingerprint density at radius 3 is 2.12 bits per heavy atom. The summed E-state index contributed by atoms with van der Waals surface area (Å²) in [5.41, 5.74) is 3.27. The number of carbonyl (C=O) groups is 3. The van der Waals surface area contributed by atoms with E-state index < -0.39 is 29.6 Å². The highest BCUT2D eigenvalue weighted by Gasteiger charge is 2.49. The van der Waals surface area contributed by atoms with Crippen LogP contribution in [0.5, 0.6) is 0 Å². The van der Waals surface area contributed by atoms with Gasteiger partial charge >= 0.3 is 12.1 Å². The number of hydrogen-bond acceptors (Lipinski definition) is 4. The number of carbonyl (C=O) groups excluding carboxylic acids is 2. The Kier molecular flexibility index (Phi) is 5.91. The predicted molar refractivity (Wildman–Crippen MR) is 119 cm³/mol. The van der Waals surface area contributed by atoms with Crippen LogP contribution in [0.4, 0.5) is 4.79 Å². The summed E-state index contributed by atoms with van der Waals surface area (Å²) in [6.07, 6.45) is 1.15. The number of ether oxygens (including phenoxy) is 1. The zero-order valence-electron chi connectivity index (χ0n) is 18.3. The van der Waals surface area contributed by atoms with E-state index in [0.717, 1.165) is 35.1 Å². The number of alkyl carbamates (subject to hydrolysis) is 1. The predicted octanol–water partition coefficient (Wildman–Crippen LogP) is 3.67. The summed E-state index contributed by atoms with van der Waals surface area (Å²) in [6, 6.07) is 15.1. The Morgan fingerprint density at radius 1 is 1.06 bits per heavy atom. The molecule has 7 nitrogen and oxygen atoms in total. The minimum absolute atomic E-state index is 0.0470. The van der Waals surface area contributed by atoms with Gasteiger partial charge in [-0.15, -0.1) is 0 Å². The third kappa shape index (κ3) is 4.07. The average Bonchev–Trinajstić information content (AvgIpc) is 3.59. The van der Waals surface area contributed by atoms with Crippen LogP contribution in [-0.2, 0) is 14.3 Å². The molecule has 2 amide bonds. The first kappa shape index (κ1) is 21.9. The molecule has 0 saturated heterocycles. The van der Waals surface area contributed by atoms with Crippen LogP contribution in [-0.4, -0.2) is 41.3 Å². The lowest BCUT2D eigenvalue weighted by Gasteiger charge is -2.30. The molecular formula is C25H28N2O5. The first-order chi connectivity index (χ1) is 15.3. The Bertz CT molecular complexity index is 1000. The fourth-order valence-electron chi connectivity index (χ4n) is 4.50. The minimum atomic E-state index is -1.22. The van der Waals surface area contributed by atoms with Gasteiger partial charge in [0.2, 0.25) is 5.91 Å². The quantitative estimate of drug-likeness (QED) is 0.586. The van der Waals surface area contributed by atoms with Crippen LogP contribution in [0.2, 0.25) is 0 Å². The summed E-state index contributed by atoms with van der Waals surface area (Å²) in [6.45, 7) is 3.47. The molecule has 168 valence electrons. The second-order valence-corrected chi connectivity index (χ2v) is 8.70. The molecule has 2 aromatic rings. The minimum Gasteiger partial charge on any atom is -0.480 e. The van der Waals surface area contributed by atoms with Crippen molar-refractivity contribution in [1.29, 1.82) is 0 Å². The second-order valence-electron chi connectivity index (χ2n) is 8.70. The molecule has 0 aliphatic heterocycles. The number of benzene rings is 2. The number of amides is 2. The van der Waals surface area contributed by atoms with E-state index >= 15 is 0 Å². The van der Waals surface area contributed by atoms with Gasteiger partial charge in [0, 0.05) is 5.92 Å². The number of hydrogen-bond donors (Lipinski definition) is 3. The monoisotopic (exact) mass is 436 g/mol. The highest BCUT2D eigenvalue weighted by atomic mass is 16.5. The van der Waals surface area contributed by atoms with E-state index in [0.29, 0.717) is 0 Å². The van der Waals surface area contributed by atoms with Gasteiger partial charge in [0.15, 0.2) is 0 Å². The normalized spacial score (nSPS) is 17.4. The van der Waals surface area contributed by atoms with Gasteiger partial charge in [-0.3, -0.25) is 4.79 Å². The van der Waals surface area contributed by atoms with Crippen LogP contribution in [0, 0.1) is 5.92 Å². The van der Waals surface area contributed by atoms with E-state index in [4.69, 9.17) is 4.74 Å². The zero-order chi connectivity index (χ0) is 22.9. The summed E-state index contributed by atoms with van der Waals surface area (Å²) in [5.74, 6) is -1.72. The number of fused-ring (bicyclic) bond motifs is 3. The van der Waals surface area contributed by atoms with Crippen molar-refractivity contribution in [2.24, 2.45) is 5.92 Å². The molecule has 4 rings (SSSR count). The van der Waals surface area contributed by atoms with Crippen molar-refractivity contribution in [2.45, 2.75) is 50.6 Å². The molecule has 1 saturated carbocycles. The van der Waals surface area contributed by atoms with Crippen molar-refractivity contribution in [3.63, 3.8) is 0 Å². The molecule has 0 heterocycles. The molecule has 0 radical (unpaired) electrons. The van der Waals surface area contributed by atoms with Crippen LogP contribution in [0.1, 0.15) is 50.2 Å². The van der Waals surface area contributed by atoms with E-state index in [1.54, 1.807) is 13.8 Å². The highest BCUT2D eigenvalue weighted by molar-refractivity contribution is 5.93. The van der Waals surface area contributed by atoms with Crippen LogP contribution < -0.4 is 10.6 Å². The first-order valence-electron chi connectivity index (χ1n) is 11.0. The Balaban J connectivity index is 1.45. The van der Waals surface area contributed by atoms with Gasteiger partial charge in [0.25, 0.3) is 0 Å². The van der Waals surface area contributed by atoms with Crippen molar-refractivity contribution in [3.8, 4) is 11.1 Å². The number of carboxylic acids is 1. The summed E-state index contributed by atoms with van der Waals surface area (Å²) >= 11 is 0. The van der Waals surface area contributed by atoms with Gasteiger partial charge in [-0.05, 0) is 54.4 Å². The molecule has 2 aliphatic rings. The highest BCUT2D eigenvalue weighted by Crippen LogP contribution is 2.44. The molecular weight excluding hydrogens is 408 g/mol. The molecule has 2 aromatic carbocycles. The fraction of sp³-hybridized carbons (Fsp3) is 0.400. The van der Waals surface area contributed by atoms with Crippen LogP contribution in [0.15, 0.2) is 48.5 Å². The Labute approximate surface area is 187 Å². The molecule has 3 N–H and O–H groups in total. The largest absolute Gasteiger partial charge is 0.480 e. The lowest BCUT2D eigenvalue weighted by atomic mass is 9.94. The Hall–Kier alpha value is -3.35. The summed E-state index contributed by atoms with van der Waals surface area (Å²) in [4.78, 5) is 37.0. The van der Waals surface area contributed by atoms with Crippen molar-refractivity contribution in [1.82, 2.24) is 10.6 Å². The average molecular weight is 437 g/mol. The number of rotatable bonds is 8. The maximum Gasteiger partial charge on any atom is 0.408 e. The standard InChI is InChI=1S/C25H28N2O5/c1-3-21(22(28)29)26-23(30)25(2,15-12-13-15)27-24(31)32-14-20-18-10-6-4-8-16(18)17-9-5-7-11-19(17)20/h4-11,15,20-21H,3,12-14H2,1-2H3,(H,26,30)(H,27,31)(H,28,29). The summed E-state index contributed by atoms with van der Waals surface area (Å²) < 4.78 is 5.60. The van der Waals surface area contributed by atoms with Crippen molar-refractivity contribution in [2.75, 3.05) is 6.61 Å². The van der Waals surface area contributed by atoms with Crippen molar-refractivity contribution in [3.05, 3.63) is 59.7 Å². The summed E-state index contributed by atoms with van der Waals surface area (Å²) in [5, 5.41) is 14.5. The van der Waals surface area contributed by atoms with Crippen molar-refractivity contribution < 1.29 is 24.2 Å². The molecule has 0 aromatic heterocycles. The molecule has 2 atom stereocenters. The lowest BCUT2D eigenvalue weighted by molar-refractivity contribution is -0.143. The van der Waals surface area contributed by atoms with Gasteiger partial charge in [-0.25, -0.2) is 9.59 Å². The number of carboxylic acid groups (broad SMARTS) is 1. The van der Waals surface area contributed by atoms with Crippen LogP contribution >= 0.6 is 0 Å². The molecule has 2 unspecified atom stereocenters. The fourth-order valence-corrected chi connectivity index (χ4v) is 4.50. The third-order valence-corrected chi connectivity index (χ3v) is 6.58. The molecule has 2 aliphatic carbocycles. The van der Waals surface area contributed by atoms with Gasteiger partial charge in [0.05, 0.1) is 0 Å². The molecule has 1 fully saturated rings. The van der Waals surface area contributed by atoms with Crippen LogP contribution in [0.3, 0.4) is 0 Å². The molecule has 7 heteroatoms. The molecule has 32 heavy (non-hydrogen) atoms. The Morgan fingerprint density at radius 2 is 1.62 bits per heavy atom.